The van der Waals surface area contributed by atoms with Crippen molar-refractivity contribution < 1.29 is 0 Å². The van der Waals surface area contributed by atoms with Crippen LogP contribution in [0.25, 0.3) is 0 Å². The van der Waals surface area contributed by atoms with Gasteiger partial charge in [0.1, 0.15) is 0 Å². The third-order valence-corrected chi connectivity index (χ3v) is 1.79. The molecule has 0 aliphatic carbocycles. The summed E-state index contributed by atoms with van der Waals surface area (Å²) in [5, 5.41) is 7.65. The lowest BCUT2D eigenvalue weighted by Crippen LogP contribution is -2.08. The Labute approximate surface area is 72.8 Å². The molecule has 0 aromatic carbocycles. The molecule has 0 spiro atoms. The van der Waals surface area contributed by atoms with E-state index < -0.39 is 0 Å². The lowest BCUT2D eigenvalue weighted by Gasteiger charge is -2.12. The van der Waals surface area contributed by atoms with Crippen molar-refractivity contribution in [2.24, 2.45) is 5.92 Å². The highest BCUT2D eigenvalue weighted by Gasteiger charge is 2.08. The first kappa shape index (κ1) is 9.03. The van der Waals surface area contributed by atoms with Gasteiger partial charge in [-0.05, 0) is 19.3 Å². The first-order valence-corrected chi connectivity index (χ1v) is 4.27. The summed E-state index contributed by atoms with van der Waals surface area (Å²) in [5.74, 6) is 1.16. The van der Waals surface area contributed by atoms with Crippen LogP contribution in [-0.2, 0) is 0 Å². The SMILES string of the molecule is CC(C)CC(C)n1cc(N)nn1. The number of nitrogens with zero attached hydrogens (tertiary/aromatic N) is 3. The molecule has 1 rings (SSSR count). The molecule has 0 saturated carbocycles. The van der Waals surface area contributed by atoms with E-state index in [2.05, 4.69) is 31.1 Å². The van der Waals surface area contributed by atoms with Crippen LogP contribution in [0.4, 0.5) is 5.82 Å². The van der Waals surface area contributed by atoms with Crippen LogP contribution in [0.1, 0.15) is 33.2 Å². The minimum absolute atomic E-state index is 0.384. The Bertz CT molecular complexity index is 241. The van der Waals surface area contributed by atoms with Gasteiger partial charge in [-0.15, -0.1) is 5.10 Å². The van der Waals surface area contributed by atoms with Gasteiger partial charge >= 0.3 is 0 Å². The molecule has 1 aromatic rings. The van der Waals surface area contributed by atoms with E-state index in [9.17, 15) is 0 Å². The second-order valence-corrected chi connectivity index (χ2v) is 3.60. The Morgan fingerprint density at radius 3 is 2.58 bits per heavy atom. The average Bonchev–Trinajstić information content (AvgIpc) is 2.34. The molecule has 1 aromatic heterocycles. The highest BCUT2D eigenvalue weighted by Crippen LogP contribution is 2.15. The van der Waals surface area contributed by atoms with Crippen LogP contribution in [0.15, 0.2) is 6.20 Å². The van der Waals surface area contributed by atoms with Crippen LogP contribution in [-0.4, -0.2) is 15.0 Å². The number of hydrogen-bond donors (Lipinski definition) is 1. The Balaban J connectivity index is 2.58. The second-order valence-electron chi connectivity index (χ2n) is 3.60. The van der Waals surface area contributed by atoms with E-state index >= 15 is 0 Å². The first-order chi connectivity index (χ1) is 5.59. The fourth-order valence-corrected chi connectivity index (χ4v) is 1.30. The van der Waals surface area contributed by atoms with Crippen molar-refractivity contribution in [2.75, 3.05) is 5.73 Å². The average molecular weight is 168 g/mol. The predicted octanol–water partition coefficient (Wildman–Crippen LogP) is 1.47. The van der Waals surface area contributed by atoms with Crippen molar-refractivity contribution in [3.05, 3.63) is 6.20 Å². The van der Waals surface area contributed by atoms with E-state index in [0.717, 1.165) is 6.42 Å². The molecule has 0 fully saturated rings. The fraction of sp³-hybridized carbons (Fsp3) is 0.750. The molecule has 68 valence electrons. The maximum Gasteiger partial charge on any atom is 0.165 e. The molecule has 0 amide bonds. The number of anilines is 1. The minimum Gasteiger partial charge on any atom is -0.381 e. The summed E-state index contributed by atoms with van der Waals surface area (Å²) in [6.45, 7) is 6.50. The van der Waals surface area contributed by atoms with E-state index in [0.29, 0.717) is 17.8 Å². The van der Waals surface area contributed by atoms with Gasteiger partial charge in [0.2, 0.25) is 0 Å². The monoisotopic (exact) mass is 168 g/mol. The van der Waals surface area contributed by atoms with Crippen LogP contribution in [0.3, 0.4) is 0 Å². The summed E-state index contributed by atoms with van der Waals surface area (Å²) in [4.78, 5) is 0. The van der Waals surface area contributed by atoms with E-state index in [1.54, 1.807) is 6.20 Å². The summed E-state index contributed by atoms with van der Waals surface area (Å²) >= 11 is 0. The van der Waals surface area contributed by atoms with Gasteiger partial charge < -0.3 is 5.73 Å². The van der Waals surface area contributed by atoms with Crippen LogP contribution < -0.4 is 5.73 Å². The minimum atomic E-state index is 0.384. The molecule has 0 radical (unpaired) electrons. The molecule has 0 aliphatic heterocycles. The third-order valence-electron chi connectivity index (χ3n) is 1.79. The topological polar surface area (TPSA) is 56.7 Å². The van der Waals surface area contributed by atoms with Crippen LogP contribution in [0.2, 0.25) is 0 Å². The Hall–Kier alpha value is -1.06. The summed E-state index contributed by atoms with van der Waals surface area (Å²) in [7, 11) is 0. The molecule has 0 bridgehead atoms. The molecule has 1 heterocycles. The lowest BCUT2D eigenvalue weighted by molar-refractivity contribution is 0.391. The van der Waals surface area contributed by atoms with Crippen molar-refractivity contribution in [2.45, 2.75) is 33.2 Å². The van der Waals surface area contributed by atoms with Gasteiger partial charge in [0.25, 0.3) is 0 Å². The van der Waals surface area contributed by atoms with Gasteiger partial charge in [-0.25, -0.2) is 4.68 Å². The number of rotatable bonds is 3. The van der Waals surface area contributed by atoms with Gasteiger partial charge in [0, 0.05) is 0 Å². The fourth-order valence-electron chi connectivity index (χ4n) is 1.30. The first-order valence-electron chi connectivity index (χ1n) is 4.27. The summed E-state index contributed by atoms with van der Waals surface area (Å²) in [6, 6.07) is 0.384. The Morgan fingerprint density at radius 2 is 2.17 bits per heavy atom. The summed E-state index contributed by atoms with van der Waals surface area (Å²) in [5.41, 5.74) is 5.45. The Kier molecular flexibility index (Phi) is 2.68. The zero-order valence-corrected chi connectivity index (χ0v) is 7.86. The van der Waals surface area contributed by atoms with Crippen molar-refractivity contribution in [1.82, 2.24) is 15.0 Å². The number of nitrogens with two attached hydrogens (primary N) is 1. The maximum absolute atomic E-state index is 5.45. The second kappa shape index (κ2) is 3.56. The quantitative estimate of drug-likeness (QED) is 0.743. The van der Waals surface area contributed by atoms with E-state index in [-0.39, 0.29) is 0 Å². The number of nitrogen functional groups attached to an aromatic ring is 1. The van der Waals surface area contributed by atoms with Gasteiger partial charge in [-0.3, -0.25) is 0 Å². The largest absolute Gasteiger partial charge is 0.381 e. The molecule has 1 unspecified atom stereocenters. The Morgan fingerprint density at radius 1 is 1.50 bits per heavy atom. The van der Waals surface area contributed by atoms with Gasteiger partial charge in [0.15, 0.2) is 5.82 Å². The van der Waals surface area contributed by atoms with Crippen molar-refractivity contribution in [1.29, 1.82) is 0 Å². The van der Waals surface area contributed by atoms with E-state index in [1.165, 1.54) is 0 Å². The molecule has 4 heteroatoms. The maximum atomic E-state index is 5.45. The van der Waals surface area contributed by atoms with Gasteiger partial charge in [-0.2, -0.15) is 0 Å². The highest BCUT2D eigenvalue weighted by atomic mass is 15.4. The van der Waals surface area contributed by atoms with Gasteiger partial charge in [0.05, 0.1) is 12.2 Å². The van der Waals surface area contributed by atoms with Crippen LogP contribution in [0, 0.1) is 5.92 Å². The van der Waals surface area contributed by atoms with Crippen LogP contribution >= 0.6 is 0 Å². The molecule has 2 N–H and O–H groups in total. The zero-order valence-electron chi connectivity index (χ0n) is 7.86. The summed E-state index contributed by atoms with van der Waals surface area (Å²) < 4.78 is 1.81. The molecular formula is C8H16N4. The molecule has 0 saturated heterocycles. The molecule has 0 aliphatic rings. The summed E-state index contributed by atoms with van der Waals surface area (Å²) in [6.07, 6.45) is 2.87. The number of hydrogen-bond acceptors (Lipinski definition) is 3. The van der Waals surface area contributed by atoms with Crippen molar-refractivity contribution >= 4 is 5.82 Å². The standard InChI is InChI=1S/C8H16N4/c1-6(2)4-7(3)12-5-8(9)10-11-12/h5-7H,4,9H2,1-3H3. The van der Waals surface area contributed by atoms with Crippen molar-refractivity contribution in [3.63, 3.8) is 0 Å². The highest BCUT2D eigenvalue weighted by molar-refractivity contribution is 5.19. The van der Waals surface area contributed by atoms with Crippen molar-refractivity contribution in [3.8, 4) is 0 Å². The van der Waals surface area contributed by atoms with E-state index in [1.807, 2.05) is 4.68 Å². The molecule has 12 heavy (non-hydrogen) atoms. The molecule has 4 nitrogen and oxygen atoms in total. The van der Waals surface area contributed by atoms with E-state index in [4.69, 9.17) is 5.73 Å². The zero-order chi connectivity index (χ0) is 9.14. The smallest absolute Gasteiger partial charge is 0.165 e. The molecular weight excluding hydrogens is 152 g/mol. The lowest BCUT2D eigenvalue weighted by atomic mass is 10.1. The van der Waals surface area contributed by atoms with Crippen LogP contribution in [0.5, 0.6) is 0 Å². The third kappa shape index (κ3) is 2.22. The predicted molar refractivity (Wildman–Crippen MR) is 48.6 cm³/mol. The molecule has 1 atom stereocenters. The normalized spacial score (nSPS) is 13.7. The number of aromatic nitrogens is 3. The van der Waals surface area contributed by atoms with Gasteiger partial charge in [-0.1, -0.05) is 19.1 Å².